The number of thiol groups is 1. The van der Waals surface area contributed by atoms with Gasteiger partial charge in [-0.3, -0.25) is 19.2 Å². The average molecular weight is 565 g/mol. The van der Waals surface area contributed by atoms with E-state index in [0.29, 0.717) is 0 Å². The highest BCUT2D eigenvalue weighted by molar-refractivity contribution is 7.80. The van der Waals surface area contributed by atoms with Crippen molar-refractivity contribution < 1.29 is 76.2 Å². The van der Waals surface area contributed by atoms with Gasteiger partial charge in [0.15, 0.2) is 0 Å². The summed E-state index contributed by atoms with van der Waals surface area (Å²) >= 11 is 3.87. The Balaban J connectivity index is 0. The fourth-order valence-electron chi connectivity index (χ4n) is 1.44. The lowest BCUT2D eigenvalue weighted by Gasteiger charge is -2.16. The summed E-state index contributed by atoms with van der Waals surface area (Å²) in [5.74, 6) is -3.70. The molecule has 0 fully saturated rings. The quantitative estimate of drug-likeness (QED) is 0.0787. The maximum Gasteiger partial charge on any atom is 0.490 e. The molecule has 2 amide bonds. The summed E-state index contributed by atoms with van der Waals surface area (Å²) in [6, 6.07) is -2.15. The zero-order valence-electron chi connectivity index (χ0n) is 16.2. The Hall–Kier alpha value is -1.40. The van der Waals surface area contributed by atoms with Crippen molar-refractivity contribution in [3.8, 4) is 0 Å². The number of rotatable bonds is 13. The zero-order chi connectivity index (χ0) is 26.6. The highest BCUT2D eigenvalue weighted by Gasteiger charge is 2.38. The Bertz CT molecular complexity index is 814. The lowest BCUT2D eigenvalue weighted by Crippen LogP contribution is -2.49. The van der Waals surface area contributed by atoms with Gasteiger partial charge in [-0.2, -0.15) is 21.3 Å². The number of amides is 2. The molecular formula is C10H22N3O16P3S. The molecule has 0 unspecified atom stereocenters. The van der Waals surface area contributed by atoms with Crippen molar-refractivity contribution in [1.82, 2.24) is 10.6 Å². The fraction of sp³-hybridized carbons (Fsp3) is 0.600. The van der Waals surface area contributed by atoms with E-state index in [1.807, 2.05) is 0 Å². The van der Waals surface area contributed by atoms with Crippen LogP contribution in [0.2, 0.25) is 0 Å². The third-order valence-electron chi connectivity index (χ3n) is 2.67. The number of carbonyl (C=O) groups is 4. The van der Waals surface area contributed by atoms with Crippen LogP contribution in [-0.4, -0.2) is 82.8 Å². The highest BCUT2D eigenvalue weighted by atomic mass is 32.1. The van der Waals surface area contributed by atoms with E-state index in [2.05, 4.69) is 31.9 Å². The van der Waals surface area contributed by atoms with Crippen molar-refractivity contribution >= 4 is 59.8 Å². The topological polar surface area (TPSA) is 330 Å². The maximum atomic E-state index is 11.5. The summed E-state index contributed by atoms with van der Waals surface area (Å²) in [5, 5.41) is 21.4. The number of hydrogen-bond donors (Lipinski definition) is 11. The fourth-order valence-corrected chi connectivity index (χ4v) is 4.24. The number of nitrogens with two attached hydrogens (primary N) is 1. The van der Waals surface area contributed by atoms with E-state index in [-0.39, 0.29) is 18.6 Å². The van der Waals surface area contributed by atoms with Gasteiger partial charge in [0.1, 0.15) is 18.6 Å². The molecule has 0 saturated heterocycles. The molecule has 11 N–H and O–H groups in total. The zero-order valence-corrected chi connectivity index (χ0v) is 19.7. The van der Waals surface area contributed by atoms with E-state index in [1.165, 1.54) is 0 Å². The molecule has 194 valence electrons. The van der Waals surface area contributed by atoms with Gasteiger partial charge >= 0.3 is 35.4 Å². The molecule has 0 aromatic heterocycles. The normalized spacial score (nSPS) is 13.7. The predicted molar refractivity (Wildman–Crippen MR) is 107 cm³/mol. The van der Waals surface area contributed by atoms with Gasteiger partial charge in [0.25, 0.3) is 0 Å². The molecule has 2 atom stereocenters. The van der Waals surface area contributed by atoms with Gasteiger partial charge in [-0.25, -0.2) is 13.7 Å². The van der Waals surface area contributed by atoms with Crippen molar-refractivity contribution in [1.29, 1.82) is 0 Å². The van der Waals surface area contributed by atoms with Crippen LogP contribution in [-0.2, 0) is 41.5 Å². The standard InChI is InChI=1S/C10H17N3O6S.H5O10P3/c11-5(10(18)19)1-2-7(14)13-6(4-20)9(17)12-3-8(15)16;1-11(2,3)9-13(7,8)10-12(4,5)6/h5-6,20H,1-4,11H2,(H,12,17)(H,13,14)(H,15,16)(H,18,19);(H,7,8)(H2,1,2,3)(H2,4,5,6)/t5-,6-;/m0./s1. The Morgan fingerprint density at radius 3 is 1.73 bits per heavy atom. The summed E-state index contributed by atoms with van der Waals surface area (Å²) in [7, 11) is -16.2. The number of carbonyl (C=O) groups excluding carboxylic acids is 2. The molecule has 0 aromatic rings. The molecule has 0 bridgehead atoms. The Kier molecular flexibility index (Phi) is 15.1. The van der Waals surface area contributed by atoms with Crippen LogP contribution in [0.4, 0.5) is 0 Å². The second-order valence-corrected chi connectivity index (χ2v) is 10.1. The molecular weight excluding hydrogens is 543 g/mol. The lowest BCUT2D eigenvalue weighted by atomic mass is 10.1. The first-order valence-electron chi connectivity index (χ1n) is 7.93. The summed E-state index contributed by atoms with van der Waals surface area (Å²) < 4.78 is 36.4. The van der Waals surface area contributed by atoms with Gasteiger partial charge in [0.05, 0.1) is 0 Å². The lowest BCUT2D eigenvalue weighted by molar-refractivity contribution is -0.139. The largest absolute Gasteiger partial charge is 0.490 e. The Labute approximate surface area is 190 Å². The van der Waals surface area contributed by atoms with Crippen LogP contribution in [0.5, 0.6) is 0 Å². The summed E-state index contributed by atoms with van der Waals surface area (Å²) in [4.78, 5) is 83.9. The first-order valence-corrected chi connectivity index (χ1v) is 13.1. The predicted octanol–water partition coefficient (Wildman–Crippen LogP) is -2.90. The van der Waals surface area contributed by atoms with E-state index in [4.69, 9.17) is 40.4 Å². The first-order chi connectivity index (χ1) is 14.7. The van der Waals surface area contributed by atoms with Gasteiger partial charge in [0.2, 0.25) is 11.8 Å². The molecule has 0 aliphatic rings. The summed E-state index contributed by atoms with van der Waals surface area (Å²) in [6.07, 6.45) is -0.235. The number of phosphoric acid groups is 3. The third kappa shape index (κ3) is 20.9. The molecule has 0 spiro atoms. The summed E-state index contributed by atoms with van der Waals surface area (Å²) in [6.45, 7) is -0.567. The number of aliphatic carboxylic acids is 2. The van der Waals surface area contributed by atoms with Crippen molar-refractivity contribution in [3.63, 3.8) is 0 Å². The summed E-state index contributed by atoms with van der Waals surface area (Å²) in [5.41, 5.74) is 5.23. The third-order valence-corrected chi connectivity index (χ3v) is 6.38. The van der Waals surface area contributed by atoms with Crippen LogP contribution in [0.25, 0.3) is 0 Å². The van der Waals surface area contributed by atoms with Gasteiger partial charge in [0, 0.05) is 12.2 Å². The van der Waals surface area contributed by atoms with Crippen LogP contribution < -0.4 is 16.4 Å². The minimum absolute atomic E-state index is 0.0256. The van der Waals surface area contributed by atoms with Crippen LogP contribution in [0, 0.1) is 0 Å². The minimum Gasteiger partial charge on any atom is -0.480 e. The van der Waals surface area contributed by atoms with Gasteiger partial charge < -0.3 is 51.0 Å². The highest BCUT2D eigenvalue weighted by Crippen LogP contribution is 2.64. The second-order valence-electron chi connectivity index (χ2n) is 5.51. The van der Waals surface area contributed by atoms with Crippen LogP contribution in [0.15, 0.2) is 0 Å². The van der Waals surface area contributed by atoms with Crippen LogP contribution >= 0.6 is 36.1 Å². The molecule has 23 heteroatoms. The van der Waals surface area contributed by atoms with Crippen molar-refractivity contribution in [2.45, 2.75) is 24.9 Å². The van der Waals surface area contributed by atoms with E-state index >= 15 is 0 Å². The van der Waals surface area contributed by atoms with E-state index in [0.717, 1.165) is 0 Å². The van der Waals surface area contributed by atoms with Crippen molar-refractivity contribution in [2.24, 2.45) is 5.73 Å². The molecule has 0 saturated carbocycles. The minimum atomic E-state index is -5.46. The molecule has 0 aliphatic carbocycles. The molecule has 33 heavy (non-hydrogen) atoms. The molecule has 0 rings (SSSR count). The van der Waals surface area contributed by atoms with Crippen LogP contribution in [0.3, 0.4) is 0 Å². The van der Waals surface area contributed by atoms with E-state index < -0.39 is 65.8 Å². The van der Waals surface area contributed by atoms with Gasteiger partial charge in [-0.05, 0) is 6.42 Å². The van der Waals surface area contributed by atoms with E-state index in [1.54, 1.807) is 0 Å². The molecule has 0 aromatic carbocycles. The second kappa shape index (κ2) is 14.8. The van der Waals surface area contributed by atoms with Crippen LogP contribution in [0.1, 0.15) is 12.8 Å². The Morgan fingerprint density at radius 1 is 0.939 bits per heavy atom. The average Bonchev–Trinajstić information content (AvgIpc) is 2.58. The number of hydrogen-bond acceptors (Lipinski definition) is 11. The monoisotopic (exact) mass is 565 g/mol. The smallest absolute Gasteiger partial charge is 0.480 e. The van der Waals surface area contributed by atoms with Crippen molar-refractivity contribution in [2.75, 3.05) is 12.3 Å². The Morgan fingerprint density at radius 2 is 1.39 bits per heavy atom. The molecule has 19 nitrogen and oxygen atoms in total. The SMILES string of the molecule is N[C@@H](CCC(=O)N[C@@H](CS)C(=O)NCC(=O)O)C(=O)O.O=P(O)(O)OP(=O)(O)OP(=O)(O)O. The number of nitrogens with one attached hydrogen (secondary N) is 2. The molecule has 0 radical (unpaired) electrons. The first kappa shape index (κ1) is 33.8. The van der Waals surface area contributed by atoms with E-state index in [9.17, 15) is 32.9 Å². The number of carboxylic acids is 2. The van der Waals surface area contributed by atoms with Gasteiger partial charge in [-0.15, -0.1) is 0 Å². The maximum absolute atomic E-state index is 11.5. The molecule has 0 aliphatic heterocycles. The number of carboxylic acid groups (broad SMARTS) is 2. The van der Waals surface area contributed by atoms with Gasteiger partial charge in [-0.1, -0.05) is 0 Å². The van der Waals surface area contributed by atoms with Crippen molar-refractivity contribution in [3.05, 3.63) is 0 Å². The molecule has 0 heterocycles.